The molecule has 0 aliphatic heterocycles. The van der Waals surface area contributed by atoms with E-state index in [4.69, 9.17) is 28.9 Å². The maximum Gasteiger partial charge on any atom is 0.416 e. The summed E-state index contributed by atoms with van der Waals surface area (Å²) >= 11 is 14.0. The number of fused-ring (bicyclic) bond motifs is 1. The van der Waals surface area contributed by atoms with Gasteiger partial charge in [0.1, 0.15) is 10.2 Å². The van der Waals surface area contributed by atoms with E-state index >= 15 is 0 Å². The van der Waals surface area contributed by atoms with Crippen molar-refractivity contribution in [1.29, 1.82) is 0 Å². The summed E-state index contributed by atoms with van der Waals surface area (Å²) in [5.74, 6) is 0. The average Bonchev–Trinajstić information content (AvgIpc) is 2.48. The lowest BCUT2D eigenvalue weighted by atomic mass is 10.2. The van der Waals surface area contributed by atoms with Gasteiger partial charge in [-0.1, -0.05) is 28.1 Å². The molecule has 0 unspecified atom stereocenters. The number of hydrogen-bond donors (Lipinski definition) is 0. The molecule has 0 radical (unpaired) electrons. The van der Waals surface area contributed by atoms with Crippen LogP contribution in [-0.2, 0) is 6.18 Å². The van der Waals surface area contributed by atoms with Crippen molar-refractivity contribution in [3.63, 3.8) is 0 Å². The Balaban J connectivity index is 2.24. The van der Waals surface area contributed by atoms with Gasteiger partial charge in [-0.2, -0.15) is 13.2 Å². The average molecular weight is 418 g/mol. The number of benzene rings is 2. The lowest BCUT2D eigenvalue weighted by molar-refractivity contribution is -0.137. The topological polar surface area (TPSA) is 18.1 Å². The minimum Gasteiger partial charge on any atom is -0.431 e. The largest absolute Gasteiger partial charge is 0.431 e. The molecule has 0 atom stereocenters. The third kappa shape index (κ3) is 3.11. The second kappa shape index (κ2) is 5.85. The molecule has 1 aromatic heterocycles. The van der Waals surface area contributed by atoms with Crippen LogP contribution in [0.15, 0.2) is 51.4 Å². The van der Waals surface area contributed by atoms with Crippen LogP contribution in [0.3, 0.4) is 0 Å². The van der Waals surface area contributed by atoms with Crippen LogP contribution in [0.5, 0.6) is 0 Å². The van der Waals surface area contributed by atoms with Crippen molar-refractivity contribution in [3.05, 3.63) is 62.0 Å². The number of nitrogens with zero attached hydrogens (tertiary/aromatic N) is 1. The quantitative estimate of drug-likeness (QED) is 0.423. The smallest absolute Gasteiger partial charge is 0.416 e. The Bertz CT molecular complexity index is 1010. The first-order chi connectivity index (χ1) is 10.8. The van der Waals surface area contributed by atoms with Crippen LogP contribution in [0.4, 0.5) is 13.2 Å². The molecule has 3 aromatic rings. The molecule has 0 spiro atoms. The van der Waals surface area contributed by atoms with Gasteiger partial charge in [0.15, 0.2) is 0 Å². The predicted molar refractivity (Wildman–Crippen MR) is 89.9 cm³/mol. The molecule has 0 aliphatic rings. The summed E-state index contributed by atoms with van der Waals surface area (Å²) in [5, 5.41) is 0.642. The SMILES string of the molecule is FC(F)(F)c1ccc(-n2c(=S)oc3ccc(Br)cc3c2=S)cc1. The van der Waals surface area contributed by atoms with Gasteiger partial charge in [-0.25, -0.2) is 0 Å². The zero-order chi connectivity index (χ0) is 16.8. The zero-order valence-electron chi connectivity index (χ0n) is 11.2. The highest BCUT2D eigenvalue weighted by Crippen LogP contribution is 2.30. The lowest BCUT2D eigenvalue weighted by Crippen LogP contribution is -2.05. The van der Waals surface area contributed by atoms with E-state index in [0.717, 1.165) is 16.6 Å². The number of halogens is 4. The Morgan fingerprint density at radius 3 is 2.26 bits per heavy atom. The van der Waals surface area contributed by atoms with E-state index in [0.29, 0.717) is 21.3 Å². The van der Waals surface area contributed by atoms with Gasteiger partial charge in [-0.15, -0.1) is 0 Å². The normalized spacial score (nSPS) is 11.8. The van der Waals surface area contributed by atoms with Gasteiger partial charge in [-0.05, 0) is 54.7 Å². The summed E-state index contributed by atoms with van der Waals surface area (Å²) in [4.78, 5) is 0.0737. The van der Waals surface area contributed by atoms with Crippen molar-refractivity contribution < 1.29 is 17.6 Å². The van der Waals surface area contributed by atoms with Crippen LogP contribution in [0, 0.1) is 9.48 Å². The molecule has 0 bridgehead atoms. The third-order valence-electron chi connectivity index (χ3n) is 3.21. The Kier molecular flexibility index (Phi) is 4.16. The third-order valence-corrected chi connectivity index (χ3v) is 4.37. The molecule has 8 heteroatoms. The highest BCUT2D eigenvalue weighted by molar-refractivity contribution is 9.10. The van der Waals surface area contributed by atoms with Gasteiger partial charge in [-0.3, -0.25) is 4.57 Å². The number of hydrogen-bond acceptors (Lipinski definition) is 3. The van der Waals surface area contributed by atoms with E-state index in [1.807, 2.05) is 0 Å². The summed E-state index contributed by atoms with van der Waals surface area (Å²) in [6.07, 6.45) is -4.39. The van der Waals surface area contributed by atoms with Gasteiger partial charge in [0, 0.05) is 4.47 Å². The van der Waals surface area contributed by atoms with Crippen molar-refractivity contribution in [2.75, 3.05) is 0 Å². The predicted octanol–water partition coefficient (Wildman–Crippen LogP) is 6.46. The van der Waals surface area contributed by atoms with Crippen molar-refractivity contribution in [1.82, 2.24) is 4.57 Å². The van der Waals surface area contributed by atoms with Crippen LogP contribution in [0.2, 0.25) is 0 Å². The first-order valence-corrected chi connectivity index (χ1v) is 7.91. The fraction of sp³-hybridized carbons (Fsp3) is 0.0667. The van der Waals surface area contributed by atoms with Crippen molar-refractivity contribution in [2.24, 2.45) is 0 Å². The molecule has 0 aliphatic carbocycles. The molecular weight excluding hydrogens is 411 g/mol. The first kappa shape index (κ1) is 16.4. The summed E-state index contributed by atoms with van der Waals surface area (Å²) in [6.45, 7) is 0. The lowest BCUT2D eigenvalue weighted by Gasteiger charge is -2.11. The van der Waals surface area contributed by atoms with Crippen molar-refractivity contribution in [2.45, 2.75) is 6.18 Å². The molecule has 0 fully saturated rings. The van der Waals surface area contributed by atoms with Gasteiger partial charge in [0.25, 0.3) is 4.84 Å². The van der Waals surface area contributed by atoms with E-state index in [2.05, 4.69) is 15.9 Å². The van der Waals surface area contributed by atoms with E-state index in [1.54, 1.807) is 18.2 Å². The minimum absolute atomic E-state index is 0.0737. The molecule has 1 heterocycles. The Morgan fingerprint density at radius 1 is 1.00 bits per heavy atom. The zero-order valence-corrected chi connectivity index (χ0v) is 14.4. The van der Waals surface area contributed by atoms with Crippen molar-refractivity contribution >= 4 is 51.3 Å². The molecule has 0 N–H and O–H groups in total. The van der Waals surface area contributed by atoms with E-state index in [-0.39, 0.29) is 4.84 Å². The summed E-state index contributed by atoms with van der Waals surface area (Å²) in [7, 11) is 0. The second-order valence-corrected chi connectivity index (χ2v) is 6.35. The maximum atomic E-state index is 12.7. The molecule has 0 saturated heterocycles. The van der Waals surface area contributed by atoms with E-state index in [9.17, 15) is 13.2 Å². The van der Waals surface area contributed by atoms with Gasteiger partial charge >= 0.3 is 6.18 Å². The molecule has 3 rings (SSSR count). The minimum atomic E-state index is -4.39. The molecule has 2 aromatic carbocycles. The Morgan fingerprint density at radius 2 is 1.65 bits per heavy atom. The van der Waals surface area contributed by atoms with Crippen LogP contribution in [0.1, 0.15) is 5.56 Å². The molecule has 0 amide bonds. The van der Waals surface area contributed by atoms with Crippen LogP contribution >= 0.6 is 40.4 Å². The van der Waals surface area contributed by atoms with E-state index < -0.39 is 11.7 Å². The van der Waals surface area contributed by atoms with Crippen LogP contribution < -0.4 is 0 Å². The Labute approximate surface area is 147 Å². The standard InChI is InChI=1S/C15H7BrF3NOS2/c16-9-3-6-12-11(7-9)13(22)20(14(23)21-12)10-4-1-8(2-5-10)15(17,18)19/h1-7H. The maximum absolute atomic E-state index is 12.7. The highest BCUT2D eigenvalue weighted by atomic mass is 79.9. The second-order valence-electron chi connectivity index (χ2n) is 4.69. The van der Waals surface area contributed by atoms with Crippen molar-refractivity contribution in [3.8, 4) is 5.69 Å². The summed E-state index contributed by atoms with van der Waals surface area (Å²) < 4.78 is 46.1. The van der Waals surface area contributed by atoms with Gasteiger partial charge in [0.2, 0.25) is 0 Å². The summed E-state index contributed by atoms with van der Waals surface area (Å²) in [6, 6.07) is 9.88. The van der Waals surface area contributed by atoms with Gasteiger partial charge < -0.3 is 4.42 Å². The number of aromatic nitrogens is 1. The first-order valence-electron chi connectivity index (χ1n) is 6.30. The molecular formula is C15H7BrF3NOS2. The van der Waals surface area contributed by atoms with Gasteiger partial charge in [0.05, 0.1) is 16.6 Å². The van der Waals surface area contributed by atoms with Crippen LogP contribution in [0.25, 0.3) is 16.7 Å². The monoisotopic (exact) mass is 417 g/mol. The van der Waals surface area contributed by atoms with E-state index in [1.165, 1.54) is 16.7 Å². The highest BCUT2D eigenvalue weighted by Gasteiger charge is 2.30. The number of rotatable bonds is 1. The molecule has 23 heavy (non-hydrogen) atoms. The molecule has 0 saturated carbocycles. The fourth-order valence-electron chi connectivity index (χ4n) is 2.12. The summed E-state index contributed by atoms with van der Waals surface area (Å²) in [5.41, 5.74) is 0.198. The molecule has 118 valence electrons. The fourth-order valence-corrected chi connectivity index (χ4v) is 3.18. The number of alkyl halides is 3. The molecule has 2 nitrogen and oxygen atoms in total. The van der Waals surface area contributed by atoms with Crippen LogP contribution in [-0.4, -0.2) is 4.57 Å². The Hall–Kier alpha value is -1.51.